The summed E-state index contributed by atoms with van der Waals surface area (Å²) in [7, 11) is 0. The van der Waals surface area contributed by atoms with E-state index in [9.17, 15) is 14.4 Å². The molecule has 1 saturated carbocycles. The molecule has 0 aromatic carbocycles. The highest BCUT2D eigenvalue weighted by molar-refractivity contribution is 5.92. The van der Waals surface area contributed by atoms with Gasteiger partial charge in [-0.3, -0.25) is 14.4 Å². The summed E-state index contributed by atoms with van der Waals surface area (Å²) in [5, 5.41) is 4.23. The first kappa shape index (κ1) is 18.6. The third-order valence-corrected chi connectivity index (χ3v) is 5.39. The third-order valence-electron chi connectivity index (χ3n) is 5.39. The molecule has 0 N–H and O–H groups in total. The Morgan fingerprint density at radius 1 is 1.08 bits per heavy atom. The molecule has 7 heteroatoms. The van der Waals surface area contributed by atoms with Crippen LogP contribution in [0.25, 0.3) is 0 Å². The molecule has 2 fully saturated rings. The van der Waals surface area contributed by atoms with Crippen molar-refractivity contribution < 1.29 is 9.59 Å². The summed E-state index contributed by atoms with van der Waals surface area (Å²) in [6, 6.07) is 2.92. The Balaban J connectivity index is 1.59. The van der Waals surface area contributed by atoms with E-state index in [1.54, 1.807) is 4.90 Å². The standard InChI is InChI=1S/C19H28N4O3/c1-2-3-10-23-17(24)9-8-16(20-23)19(26)22-13-11-21(12-14-22)18(25)15-6-4-5-7-15/h8-9,15H,2-7,10-14H2,1H3. The van der Waals surface area contributed by atoms with Gasteiger partial charge in [0.2, 0.25) is 5.91 Å². The Morgan fingerprint density at radius 2 is 1.73 bits per heavy atom. The summed E-state index contributed by atoms with van der Waals surface area (Å²) in [5.41, 5.74) is 0.123. The van der Waals surface area contributed by atoms with Crippen molar-refractivity contribution >= 4 is 11.8 Å². The maximum Gasteiger partial charge on any atom is 0.274 e. The Kier molecular flexibility index (Phi) is 6.06. The molecule has 0 bridgehead atoms. The molecule has 7 nitrogen and oxygen atoms in total. The number of aryl methyl sites for hydroxylation is 1. The number of amides is 2. The number of rotatable bonds is 5. The van der Waals surface area contributed by atoms with Gasteiger partial charge in [-0.1, -0.05) is 26.2 Å². The fraction of sp³-hybridized carbons (Fsp3) is 0.684. The Morgan fingerprint density at radius 3 is 2.38 bits per heavy atom. The average molecular weight is 360 g/mol. The van der Waals surface area contributed by atoms with Gasteiger partial charge >= 0.3 is 0 Å². The van der Waals surface area contributed by atoms with E-state index in [1.165, 1.54) is 16.8 Å². The van der Waals surface area contributed by atoms with E-state index < -0.39 is 0 Å². The van der Waals surface area contributed by atoms with E-state index in [0.717, 1.165) is 38.5 Å². The van der Waals surface area contributed by atoms with Crippen LogP contribution >= 0.6 is 0 Å². The zero-order valence-corrected chi connectivity index (χ0v) is 15.5. The summed E-state index contributed by atoms with van der Waals surface area (Å²) >= 11 is 0. The third kappa shape index (κ3) is 4.14. The van der Waals surface area contributed by atoms with Crippen LogP contribution in [0.5, 0.6) is 0 Å². The monoisotopic (exact) mass is 360 g/mol. The number of carbonyl (C=O) groups excluding carboxylic acids is 2. The van der Waals surface area contributed by atoms with Crippen LogP contribution in [0.2, 0.25) is 0 Å². The van der Waals surface area contributed by atoms with Gasteiger partial charge in [0.25, 0.3) is 11.5 Å². The maximum absolute atomic E-state index is 12.7. The summed E-state index contributed by atoms with van der Waals surface area (Å²) in [5.74, 6) is 0.269. The highest BCUT2D eigenvalue weighted by Crippen LogP contribution is 2.27. The molecular weight excluding hydrogens is 332 g/mol. The topological polar surface area (TPSA) is 75.5 Å². The first-order valence-electron chi connectivity index (χ1n) is 9.76. The van der Waals surface area contributed by atoms with Crippen LogP contribution in [-0.2, 0) is 11.3 Å². The van der Waals surface area contributed by atoms with Gasteiger partial charge in [0.15, 0.2) is 0 Å². The molecule has 1 aliphatic carbocycles. The zero-order chi connectivity index (χ0) is 18.5. The van der Waals surface area contributed by atoms with E-state index in [-0.39, 0.29) is 23.3 Å². The Labute approximate surface area is 154 Å². The van der Waals surface area contributed by atoms with Crippen molar-refractivity contribution in [2.24, 2.45) is 5.92 Å². The van der Waals surface area contributed by atoms with Crippen LogP contribution in [0.3, 0.4) is 0 Å². The van der Waals surface area contributed by atoms with Gasteiger partial charge in [-0.25, -0.2) is 4.68 Å². The lowest BCUT2D eigenvalue weighted by Gasteiger charge is -2.35. The SMILES string of the molecule is CCCCn1nc(C(=O)N2CCN(C(=O)C3CCCC3)CC2)ccc1=O. The number of aromatic nitrogens is 2. The van der Waals surface area contributed by atoms with Gasteiger partial charge in [0, 0.05) is 44.7 Å². The molecule has 2 aliphatic rings. The second-order valence-corrected chi connectivity index (χ2v) is 7.23. The van der Waals surface area contributed by atoms with Crippen molar-refractivity contribution in [1.29, 1.82) is 0 Å². The molecule has 0 radical (unpaired) electrons. The molecule has 3 rings (SSSR count). The number of piperazine rings is 1. The van der Waals surface area contributed by atoms with E-state index >= 15 is 0 Å². The minimum absolute atomic E-state index is 0.164. The highest BCUT2D eigenvalue weighted by atomic mass is 16.2. The Bertz CT molecular complexity index is 701. The number of hydrogen-bond donors (Lipinski definition) is 0. The minimum Gasteiger partial charge on any atom is -0.339 e. The van der Waals surface area contributed by atoms with Gasteiger partial charge in [-0.15, -0.1) is 0 Å². The molecule has 0 unspecified atom stereocenters. The van der Waals surface area contributed by atoms with Crippen molar-refractivity contribution in [1.82, 2.24) is 19.6 Å². The summed E-state index contributed by atoms with van der Waals surface area (Å²) in [6.45, 7) is 4.78. The van der Waals surface area contributed by atoms with Crippen LogP contribution in [0.15, 0.2) is 16.9 Å². The molecule has 26 heavy (non-hydrogen) atoms. The van der Waals surface area contributed by atoms with Crippen LogP contribution < -0.4 is 5.56 Å². The van der Waals surface area contributed by atoms with Crippen LogP contribution in [0, 0.1) is 5.92 Å². The summed E-state index contributed by atoms with van der Waals surface area (Å²) in [6.07, 6.45) is 6.11. The molecule has 2 amide bonds. The van der Waals surface area contributed by atoms with E-state index in [0.29, 0.717) is 38.4 Å². The van der Waals surface area contributed by atoms with Gasteiger partial charge in [0.05, 0.1) is 0 Å². The van der Waals surface area contributed by atoms with Crippen molar-refractivity contribution in [3.05, 3.63) is 28.2 Å². The zero-order valence-electron chi connectivity index (χ0n) is 15.5. The second-order valence-electron chi connectivity index (χ2n) is 7.23. The largest absolute Gasteiger partial charge is 0.339 e. The predicted molar refractivity (Wildman–Crippen MR) is 97.8 cm³/mol. The number of unbranched alkanes of at least 4 members (excludes halogenated alkanes) is 1. The lowest BCUT2D eigenvalue weighted by molar-refractivity contribution is -0.136. The summed E-state index contributed by atoms with van der Waals surface area (Å²) < 4.78 is 1.37. The van der Waals surface area contributed by atoms with Gasteiger partial charge in [-0.2, -0.15) is 5.10 Å². The smallest absolute Gasteiger partial charge is 0.274 e. The first-order valence-corrected chi connectivity index (χ1v) is 9.76. The second kappa shape index (κ2) is 8.47. The highest BCUT2D eigenvalue weighted by Gasteiger charge is 2.31. The van der Waals surface area contributed by atoms with Crippen molar-refractivity contribution in [2.45, 2.75) is 52.0 Å². The molecule has 1 aliphatic heterocycles. The Hall–Kier alpha value is -2.18. The van der Waals surface area contributed by atoms with Crippen LogP contribution in [0.4, 0.5) is 0 Å². The lowest BCUT2D eigenvalue weighted by atomic mass is 10.1. The van der Waals surface area contributed by atoms with Crippen molar-refractivity contribution in [2.75, 3.05) is 26.2 Å². The molecule has 1 saturated heterocycles. The molecule has 1 aromatic rings. The molecule has 142 valence electrons. The normalized spacial score (nSPS) is 18.3. The number of carbonyl (C=O) groups is 2. The van der Waals surface area contributed by atoms with Gasteiger partial charge in [-0.05, 0) is 25.3 Å². The number of nitrogens with zero attached hydrogens (tertiary/aromatic N) is 4. The average Bonchev–Trinajstić information content (AvgIpc) is 3.21. The summed E-state index contributed by atoms with van der Waals surface area (Å²) in [4.78, 5) is 40.7. The molecule has 2 heterocycles. The first-order chi connectivity index (χ1) is 12.6. The van der Waals surface area contributed by atoms with Crippen LogP contribution in [-0.4, -0.2) is 57.6 Å². The van der Waals surface area contributed by atoms with E-state index in [2.05, 4.69) is 5.10 Å². The fourth-order valence-electron chi connectivity index (χ4n) is 3.75. The van der Waals surface area contributed by atoms with Crippen LogP contribution in [0.1, 0.15) is 55.9 Å². The number of hydrogen-bond acceptors (Lipinski definition) is 4. The molecular formula is C19H28N4O3. The van der Waals surface area contributed by atoms with Crippen molar-refractivity contribution in [3.8, 4) is 0 Å². The quantitative estimate of drug-likeness (QED) is 0.798. The fourth-order valence-corrected chi connectivity index (χ4v) is 3.75. The van der Waals surface area contributed by atoms with E-state index in [1.807, 2.05) is 11.8 Å². The van der Waals surface area contributed by atoms with Gasteiger partial charge < -0.3 is 9.80 Å². The van der Waals surface area contributed by atoms with Gasteiger partial charge in [0.1, 0.15) is 5.69 Å². The predicted octanol–water partition coefficient (Wildman–Crippen LogP) is 1.52. The molecule has 1 aromatic heterocycles. The molecule has 0 spiro atoms. The minimum atomic E-state index is -0.179. The van der Waals surface area contributed by atoms with E-state index in [4.69, 9.17) is 0 Å². The molecule has 0 atom stereocenters. The van der Waals surface area contributed by atoms with Crippen molar-refractivity contribution in [3.63, 3.8) is 0 Å². The lowest BCUT2D eigenvalue weighted by Crippen LogP contribution is -2.52. The maximum atomic E-state index is 12.7.